The minimum absolute atomic E-state index is 0.00302. The van der Waals surface area contributed by atoms with Gasteiger partial charge in [0.05, 0.1) is 6.20 Å². The van der Waals surface area contributed by atoms with Crippen LogP contribution in [0.1, 0.15) is 30.5 Å². The number of ether oxygens (including phenoxy) is 1. The van der Waals surface area contributed by atoms with E-state index in [4.69, 9.17) is 4.74 Å². The first kappa shape index (κ1) is 17.7. The molecule has 1 N–H and O–H groups in total. The fraction of sp³-hybridized carbons (Fsp3) is 0.300. The predicted octanol–water partition coefficient (Wildman–Crippen LogP) is 4.41. The van der Waals surface area contributed by atoms with Gasteiger partial charge in [0.1, 0.15) is 23.4 Å². The third kappa shape index (κ3) is 3.88. The Morgan fingerprint density at radius 2 is 1.96 bits per heavy atom. The van der Waals surface area contributed by atoms with Crippen molar-refractivity contribution < 1.29 is 17.9 Å². The van der Waals surface area contributed by atoms with Gasteiger partial charge in [-0.05, 0) is 48.6 Å². The largest absolute Gasteiger partial charge is 0.489 e. The molecule has 1 aliphatic rings. The van der Waals surface area contributed by atoms with Crippen molar-refractivity contribution in [1.29, 1.82) is 0 Å². The van der Waals surface area contributed by atoms with Crippen LogP contribution in [-0.4, -0.2) is 22.1 Å². The van der Waals surface area contributed by atoms with E-state index in [1.165, 1.54) is 24.4 Å². The summed E-state index contributed by atoms with van der Waals surface area (Å²) in [5, 5.41) is 5.12. The van der Waals surface area contributed by atoms with Gasteiger partial charge in [-0.25, -0.2) is 13.2 Å². The molecule has 0 spiro atoms. The molecule has 7 heteroatoms. The fourth-order valence-electron chi connectivity index (χ4n) is 3.24. The summed E-state index contributed by atoms with van der Waals surface area (Å²) in [6, 6.07) is 8.00. The molecule has 1 aliphatic carbocycles. The van der Waals surface area contributed by atoms with E-state index in [2.05, 4.69) is 15.3 Å². The number of nitrogens with zero attached hydrogens (tertiary/aromatic N) is 2. The van der Waals surface area contributed by atoms with Crippen LogP contribution >= 0.6 is 0 Å². The van der Waals surface area contributed by atoms with Crippen molar-refractivity contribution in [3.63, 3.8) is 0 Å². The first-order valence-corrected chi connectivity index (χ1v) is 8.75. The molecule has 4 nitrogen and oxygen atoms in total. The summed E-state index contributed by atoms with van der Waals surface area (Å²) in [7, 11) is 0. The van der Waals surface area contributed by atoms with Gasteiger partial charge in [-0.1, -0.05) is 0 Å². The quantitative estimate of drug-likeness (QED) is 0.695. The highest BCUT2D eigenvalue weighted by atomic mass is 19.3. The molecule has 0 radical (unpaired) electrons. The van der Waals surface area contributed by atoms with Crippen LogP contribution < -0.4 is 10.1 Å². The number of hydrogen-bond donors (Lipinski definition) is 1. The maximum absolute atomic E-state index is 14.2. The van der Waals surface area contributed by atoms with E-state index >= 15 is 0 Å². The van der Waals surface area contributed by atoms with E-state index in [0.717, 1.165) is 23.6 Å². The van der Waals surface area contributed by atoms with Crippen LogP contribution in [0.2, 0.25) is 0 Å². The molecule has 0 amide bonds. The van der Waals surface area contributed by atoms with Gasteiger partial charge in [0.15, 0.2) is 0 Å². The van der Waals surface area contributed by atoms with Gasteiger partial charge in [-0.15, -0.1) is 0 Å². The second-order valence-corrected chi connectivity index (χ2v) is 6.63. The minimum Gasteiger partial charge on any atom is -0.489 e. The second-order valence-electron chi connectivity index (χ2n) is 6.63. The molecule has 0 atom stereocenters. The van der Waals surface area contributed by atoms with Crippen LogP contribution in [0.3, 0.4) is 0 Å². The average Bonchev–Trinajstić information content (AvgIpc) is 2.65. The minimum atomic E-state index is -2.58. The number of hydrogen-bond acceptors (Lipinski definition) is 4. The lowest BCUT2D eigenvalue weighted by Crippen LogP contribution is -2.46. The molecule has 2 heterocycles. The van der Waals surface area contributed by atoms with Crippen LogP contribution in [0.5, 0.6) is 5.75 Å². The highest BCUT2D eigenvalue weighted by molar-refractivity contribution is 5.84. The summed E-state index contributed by atoms with van der Waals surface area (Å²) in [4.78, 5) is 7.75. The second kappa shape index (κ2) is 7.52. The average molecular weight is 373 g/mol. The highest BCUT2D eigenvalue weighted by Crippen LogP contribution is 2.28. The zero-order valence-corrected chi connectivity index (χ0v) is 14.4. The van der Waals surface area contributed by atoms with Crippen molar-refractivity contribution in [3.05, 3.63) is 66.0 Å². The van der Waals surface area contributed by atoms with Gasteiger partial charge in [0, 0.05) is 35.9 Å². The zero-order valence-electron chi connectivity index (χ0n) is 14.4. The maximum atomic E-state index is 14.2. The molecule has 0 aliphatic heterocycles. The molecule has 1 aromatic carbocycles. The van der Waals surface area contributed by atoms with Crippen LogP contribution in [-0.2, 0) is 6.54 Å². The third-order valence-electron chi connectivity index (χ3n) is 4.82. The Labute approximate surface area is 154 Å². The predicted molar refractivity (Wildman–Crippen MR) is 95.2 cm³/mol. The number of benzene rings is 1. The molecule has 1 saturated carbocycles. The molecule has 0 unspecified atom stereocenters. The Balaban J connectivity index is 1.30. The molecule has 0 bridgehead atoms. The van der Waals surface area contributed by atoms with E-state index in [0.29, 0.717) is 17.9 Å². The Bertz CT molecular complexity index is 927. The summed E-state index contributed by atoms with van der Waals surface area (Å²) < 4.78 is 44.9. The Hall–Kier alpha value is -2.67. The number of halogens is 3. The van der Waals surface area contributed by atoms with E-state index in [1.807, 2.05) is 6.07 Å². The summed E-state index contributed by atoms with van der Waals surface area (Å²) in [6.07, 6.45) is 3.66. The maximum Gasteiger partial charge on any atom is 0.280 e. The van der Waals surface area contributed by atoms with Gasteiger partial charge >= 0.3 is 0 Å². The topological polar surface area (TPSA) is 47.0 Å². The summed E-state index contributed by atoms with van der Waals surface area (Å²) in [6.45, 7) is 0.426. The van der Waals surface area contributed by atoms with Gasteiger partial charge in [0.25, 0.3) is 6.43 Å². The van der Waals surface area contributed by atoms with E-state index in [-0.39, 0.29) is 23.7 Å². The van der Waals surface area contributed by atoms with Crippen molar-refractivity contribution in [1.82, 2.24) is 15.3 Å². The zero-order chi connectivity index (χ0) is 18.8. The van der Waals surface area contributed by atoms with Crippen molar-refractivity contribution in [2.75, 3.05) is 0 Å². The number of rotatable bonds is 6. The molecule has 1 fully saturated rings. The number of aromatic nitrogens is 2. The molecule has 140 valence electrons. The van der Waals surface area contributed by atoms with Crippen LogP contribution in [0, 0.1) is 5.82 Å². The number of fused-ring (bicyclic) bond motifs is 1. The summed E-state index contributed by atoms with van der Waals surface area (Å²) in [5.41, 5.74) is 0.369. The lowest BCUT2D eigenvalue weighted by atomic mass is 9.89. The molecule has 27 heavy (non-hydrogen) atoms. The van der Waals surface area contributed by atoms with E-state index in [9.17, 15) is 13.2 Å². The number of pyridine rings is 2. The lowest BCUT2D eigenvalue weighted by Gasteiger charge is -2.36. The third-order valence-corrected chi connectivity index (χ3v) is 4.82. The van der Waals surface area contributed by atoms with Crippen molar-refractivity contribution in [2.24, 2.45) is 0 Å². The van der Waals surface area contributed by atoms with Crippen molar-refractivity contribution >= 4 is 10.8 Å². The molecular weight excluding hydrogens is 355 g/mol. The van der Waals surface area contributed by atoms with Crippen molar-refractivity contribution in [2.45, 2.75) is 38.0 Å². The fourth-order valence-corrected chi connectivity index (χ4v) is 3.24. The first-order valence-electron chi connectivity index (χ1n) is 8.75. The van der Waals surface area contributed by atoms with Crippen LogP contribution in [0.4, 0.5) is 13.2 Å². The molecule has 0 saturated heterocycles. The lowest BCUT2D eigenvalue weighted by molar-refractivity contribution is 0.0835. The normalized spacial score (nSPS) is 19.3. The number of alkyl halides is 2. The van der Waals surface area contributed by atoms with Crippen molar-refractivity contribution in [3.8, 4) is 5.75 Å². The standard InChI is InChI=1S/C20H18F3N3O/c21-18-3-1-12-9-24-6-5-16(12)17(18)11-25-13-7-15(8-13)27-14-2-4-19(20(22)23)26-10-14/h1-6,9-10,13,15,20,25H,7-8,11H2. The SMILES string of the molecule is Fc1ccc2cnccc2c1CNC1CC(Oc2ccc(C(F)F)nc2)C1. The smallest absolute Gasteiger partial charge is 0.280 e. The monoisotopic (exact) mass is 373 g/mol. The summed E-state index contributed by atoms with van der Waals surface area (Å²) in [5.74, 6) is 0.244. The van der Waals surface area contributed by atoms with Crippen LogP contribution in [0.15, 0.2) is 48.9 Å². The Kier molecular flexibility index (Phi) is 4.94. The van der Waals surface area contributed by atoms with Gasteiger partial charge in [-0.3, -0.25) is 9.97 Å². The van der Waals surface area contributed by atoms with Crippen LogP contribution in [0.25, 0.3) is 10.8 Å². The van der Waals surface area contributed by atoms with Gasteiger partial charge in [-0.2, -0.15) is 0 Å². The number of nitrogens with one attached hydrogen (secondary N) is 1. The molecular formula is C20H18F3N3O. The molecule has 2 aromatic heterocycles. The van der Waals surface area contributed by atoms with Gasteiger partial charge in [0.2, 0.25) is 0 Å². The van der Waals surface area contributed by atoms with Gasteiger partial charge < -0.3 is 10.1 Å². The Morgan fingerprint density at radius 1 is 1.11 bits per heavy atom. The Morgan fingerprint density at radius 3 is 2.70 bits per heavy atom. The highest BCUT2D eigenvalue weighted by Gasteiger charge is 2.30. The summed E-state index contributed by atoms with van der Waals surface area (Å²) >= 11 is 0. The molecule has 4 rings (SSSR count). The van der Waals surface area contributed by atoms with E-state index < -0.39 is 6.43 Å². The molecule has 3 aromatic rings. The van der Waals surface area contributed by atoms with E-state index in [1.54, 1.807) is 18.5 Å². The first-order chi connectivity index (χ1) is 13.1.